The molecule has 0 fully saturated rings. The molecule has 1 rings (SSSR count). The zero-order valence-electron chi connectivity index (χ0n) is 8.56. The van der Waals surface area contributed by atoms with Gasteiger partial charge in [0.2, 0.25) is 0 Å². The zero-order valence-corrected chi connectivity index (χ0v) is 8.56. The number of carbonyl (C=O) groups excluding carboxylic acids is 1. The highest BCUT2D eigenvalue weighted by molar-refractivity contribution is 5.94. The molecule has 0 aliphatic rings. The third kappa shape index (κ3) is 3.98. The van der Waals surface area contributed by atoms with Gasteiger partial charge in [-0.2, -0.15) is 0 Å². The van der Waals surface area contributed by atoms with Gasteiger partial charge in [-0.1, -0.05) is 5.11 Å². The van der Waals surface area contributed by atoms with Crippen LogP contribution in [0.2, 0.25) is 0 Å². The number of benzene rings is 1. The molecule has 0 spiro atoms. The molecule has 0 radical (unpaired) electrons. The van der Waals surface area contributed by atoms with Crippen LogP contribution in [0, 0.1) is 5.82 Å². The summed E-state index contributed by atoms with van der Waals surface area (Å²) in [5.74, 6) is -0.638. The molecule has 0 bridgehead atoms. The van der Waals surface area contributed by atoms with Gasteiger partial charge in [0.05, 0.1) is 0 Å². The minimum Gasteiger partial charge on any atom is -0.352 e. The Morgan fingerprint density at radius 1 is 1.44 bits per heavy atom. The van der Waals surface area contributed by atoms with Crippen LogP contribution >= 0.6 is 0 Å². The maximum Gasteiger partial charge on any atom is 0.251 e. The van der Waals surface area contributed by atoms with Crippen LogP contribution in [0.25, 0.3) is 10.4 Å². The molecule has 0 aliphatic heterocycles. The lowest BCUT2D eigenvalue weighted by Crippen LogP contribution is -2.24. The third-order valence-corrected chi connectivity index (χ3v) is 1.89. The summed E-state index contributed by atoms with van der Waals surface area (Å²) in [4.78, 5) is 14.0. The summed E-state index contributed by atoms with van der Waals surface area (Å²) in [5.41, 5.74) is 8.42. The van der Waals surface area contributed by atoms with Gasteiger partial charge in [0.15, 0.2) is 0 Å². The van der Waals surface area contributed by atoms with E-state index in [1.807, 2.05) is 0 Å². The molecule has 0 heterocycles. The maximum absolute atomic E-state index is 12.6. The molecule has 5 nitrogen and oxygen atoms in total. The van der Waals surface area contributed by atoms with Gasteiger partial charge in [0.1, 0.15) is 5.82 Å². The predicted octanol–water partition coefficient (Wildman–Crippen LogP) is 2.26. The lowest BCUT2D eigenvalue weighted by atomic mass is 10.2. The van der Waals surface area contributed by atoms with Crippen LogP contribution in [-0.2, 0) is 0 Å². The van der Waals surface area contributed by atoms with Gasteiger partial charge in [-0.05, 0) is 36.2 Å². The Labute approximate surface area is 91.9 Å². The van der Waals surface area contributed by atoms with Crippen molar-refractivity contribution in [1.82, 2.24) is 5.32 Å². The molecule has 1 aromatic rings. The van der Waals surface area contributed by atoms with Crippen molar-refractivity contribution >= 4 is 5.91 Å². The summed E-state index contributed by atoms with van der Waals surface area (Å²) in [6.45, 7) is 0.773. The average molecular weight is 222 g/mol. The first-order valence-corrected chi connectivity index (χ1v) is 4.78. The number of rotatable bonds is 5. The van der Waals surface area contributed by atoms with E-state index < -0.39 is 0 Å². The molecule has 0 aromatic heterocycles. The number of nitrogens with one attached hydrogen (secondary N) is 1. The molecule has 0 saturated carbocycles. The minimum atomic E-state index is -0.375. The highest BCUT2D eigenvalue weighted by atomic mass is 19.1. The van der Waals surface area contributed by atoms with Gasteiger partial charge in [-0.15, -0.1) is 0 Å². The highest BCUT2D eigenvalue weighted by Gasteiger charge is 2.03. The monoisotopic (exact) mass is 222 g/mol. The largest absolute Gasteiger partial charge is 0.352 e. The van der Waals surface area contributed by atoms with Crippen LogP contribution in [0.5, 0.6) is 0 Å². The van der Waals surface area contributed by atoms with E-state index in [1.165, 1.54) is 24.3 Å². The fourth-order valence-electron chi connectivity index (χ4n) is 1.10. The van der Waals surface area contributed by atoms with E-state index in [9.17, 15) is 9.18 Å². The van der Waals surface area contributed by atoms with Crippen molar-refractivity contribution < 1.29 is 9.18 Å². The summed E-state index contributed by atoms with van der Waals surface area (Å²) >= 11 is 0. The van der Waals surface area contributed by atoms with Crippen molar-refractivity contribution in [2.75, 3.05) is 13.1 Å². The quantitative estimate of drug-likeness (QED) is 0.352. The average Bonchev–Trinajstić information content (AvgIpc) is 2.29. The van der Waals surface area contributed by atoms with Gasteiger partial charge < -0.3 is 5.32 Å². The lowest BCUT2D eigenvalue weighted by molar-refractivity contribution is 0.0953. The molecule has 1 N–H and O–H groups in total. The molecule has 1 aromatic carbocycles. The van der Waals surface area contributed by atoms with E-state index in [-0.39, 0.29) is 11.7 Å². The van der Waals surface area contributed by atoms with E-state index in [0.29, 0.717) is 25.1 Å². The van der Waals surface area contributed by atoms with E-state index >= 15 is 0 Å². The van der Waals surface area contributed by atoms with Crippen molar-refractivity contribution in [1.29, 1.82) is 0 Å². The molecule has 16 heavy (non-hydrogen) atoms. The topological polar surface area (TPSA) is 77.9 Å². The lowest BCUT2D eigenvalue weighted by Gasteiger charge is -2.03. The Kier molecular flexibility index (Phi) is 4.82. The summed E-state index contributed by atoms with van der Waals surface area (Å²) in [5, 5.41) is 5.97. The molecular formula is C10H11FN4O. The van der Waals surface area contributed by atoms with E-state index in [4.69, 9.17) is 5.53 Å². The normalized spacial score (nSPS) is 9.31. The molecule has 0 unspecified atom stereocenters. The fourth-order valence-corrected chi connectivity index (χ4v) is 1.10. The van der Waals surface area contributed by atoms with Crippen molar-refractivity contribution in [3.05, 3.63) is 46.1 Å². The smallest absolute Gasteiger partial charge is 0.251 e. The minimum absolute atomic E-state index is 0.263. The number of azide groups is 1. The van der Waals surface area contributed by atoms with Gasteiger partial charge in [-0.3, -0.25) is 4.79 Å². The first-order chi connectivity index (χ1) is 7.74. The van der Waals surface area contributed by atoms with Crippen molar-refractivity contribution in [2.45, 2.75) is 6.42 Å². The Morgan fingerprint density at radius 2 is 2.12 bits per heavy atom. The van der Waals surface area contributed by atoms with Gasteiger partial charge >= 0.3 is 0 Å². The second kappa shape index (κ2) is 6.42. The maximum atomic E-state index is 12.6. The SMILES string of the molecule is [N-]=[N+]=NCCCNC(=O)c1ccc(F)cc1. The fraction of sp³-hybridized carbons (Fsp3) is 0.300. The van der Waals surface area contributed by atoms with Gasteiger partial charge in [0.25, 0.3) is 5.91 Å². The van der Waals surface area contributed by atoms with E-state index in [2.05, 4.69) is 15.3 Å². The summed E-state index contributed by atoms with van der Waals surface area (Å²) in [6.07, 6.45) is 0.580. The van der Waals surface area contributed by atoms with Crippen LogP contribution in [0.4, 0.5) is 4.39 Å². The summed E-state index contributed by atoms with van der Waals surface area (Å²) in [6, 6.07) is 5.29. The predicted molar refractivity (Wildman–Crippen MR) is 57.4 cm³/mol. The Hall–Kier alpha value is -2.07. The molecule has 0 saturated heterocycles. The molecule has 6 heteroatoms. The Morgan fingerprint density at radius 3 is 2.75 bits per heavy atom. The van der Waals surface area contributed by atoms with Crippen molar-refractivity contribution in [3.63, 3.8) is 0 Å². The number of nitrogens with zero attached hydrogens (tertiary/aromatic N) is 3. The number of halogens is 1. The van der Waals surface area contributed by atoms with Crippen LogP contribution in [0.3, 0.4) is 0 Å². The van der Waals surface area contributed by atoms with E-state index in [0.717, 1.165) is 0 Å². The van der Waals surface area contributed by atoms with Gasteiger partial charge in [0, 0.05) is 23.6 Å². The van der Waals surface area contributed by atoms with Gasteiger partial charge in [-0.25, -0.2) is 4.39 Å². The Bertz CT molecular complexity index is 398. The number of amides is 1. The van der Waals surface area contributed by atoms with Crippen LogP contribution < -0.4 is 5.32 Å². The van der Waals surface area contributed by atoms with Crippen molar-refractivity contribution in [2.24, 2.45) is 5.11 Å². The molecule has 1 amide bonds. The van der Waals surface area contributed by atoms with Crippen molar-refractivity contribution in [3.8, 4) is 0 Å². The molecule has 0 aliphatic carbocycles. The summed E-state index contributed by atoms with van der Waals surface area (Å²) in [7, 11) is 0. The first kappa shape index (κ1) is 12.0. The molecule has 84 valence electrons. The zero-order chi connectivity index (χ0) is 11.8. The third-order valence-electron chi connectivity index (χ3n) is 1.89. The second-order valence-corrected chi connectivity index (χ2v) is 3.07. The van der Waals surface area contributed by atoms with Crippen LogP contribution in [0.1, 0.15) is 16.8 Å². The molecule has 0 atom stereocenters. The second-order valence-electron chi connectivity index (χ2n) is 3.07. The summed E-state index contributed by atoms with van der Waals surface area (Å²) < 4.78 is 12.6. The molecular weight excluding hydrogens is 211 g/mol. The van der Waals surface area contributed by atoms with Crippen LogP contribution in [0.15, 0.2) is 29.4 Å². The number of hydrogen-bond donors (Lipinski definition) is 1. The van der Waals surface area contributed by atoms with Crippen LogP contribution in [-0.4, -0.2) is 19.0 Å². The number of hydrogen-bond acceptors (Lipinski definition) is 2. The highest BCUT2D eigenvalue weighted by Crippen LogP contribution is 2.02. The first-order valence-electron chi connectivity index (χ1n) is 4.78. The Balaban J connectivity index is 2.35. The van der Waals surface area contributed by atoms with E-state index in [1.54, 1.807) is 0 Å². The standard InChI is InChI=1S/C10H11FN4O/c11-9-4-2-8(3-5-9)10(16)13-6-1-7-14-15-12/h2-5H,1,6-7H2,(H,13,16). The number of carbonyl (C=O) groups is 1.